The Morgan fingerprint density at radius 2 is 2.00 bits per heavy atom. The summed E-state index contributed by atoms with van der Waals surface area (Å²) in [6.07, 6.45) is 5.08. The smallest absolute Gasteiger partial charge is 0.226 e. The highest BCUT2D eigenvalue weighted by Crippen LogP contribution is 2.56. The second kappa shape index (κ2) is 5.76. The molecule has 2 aliphatic rings. The van der Waals surface area contributed by atoms with E-state index in [1.807, 2.05) is 36.2 Å². The SMILES string of the molecule is CN(Cc1cccc(C(N)=S)c1)C(=O)C1C2CCCCC21. The zero-order valence-corrected chi connectivity index (χ0v) is 13.2. The highest BCUT2D eigenvalue weighted by Gasteiger charge is 2.55. The fraction of sp³-hybridized carbons (Fsp3) is 0.529. The Hall–Kier alpha value is -1.42. The number of nitrogens with two attached hydrogens (primary N) is 1. The zero-order chi connectivity index (χ0) is 15.0. The normalized spacial score (nSPS) is 26.8. The van der Waals surface area contributed by atoms with Crippen LogP contribution in [0.5, 0.6) is 0 Å². The van der Waals surface area contributed by atoms with Crippen LogP contribution in [0.2, 0.25) is 0 Å². The molecule has 2 N–H and O–H groups in total. The van der Waals surface area contributed by atoms with Crippen molar-refractivity contribution in [3.63, 3.8) is 0 Å². The van der Waals surface area contributed by atoms with Gasteiger partial charge < -0.3 is 10.6 Å². The van der Waals surface area contributed by atoms with Crippen LogP contribution in [0.1, 0.15) is 36.8 Å². The van der Waals surface area contributed by atoms with Gasteiger partial charge in [-0.2, -0.15) is 0 Å². The van der Waals surface area contributed by atoms with Crippen molar-refractivity contribution in [2.45, 2.75) is 32.2 Å². The molecule has 21 heavy (non-hydrogen) atoms. The lowest BCUT2D eigenvalue weighted by atomic mass is 10.0. The summed E-state index contributed by atoms with van der Waals surface area (Å²) in [5.74, 6) is 1.93. The van der Waals surface area contributed by atoms with Crippen LogP contribution in [0.15, 0.2) is 24.3 Å². The number of carbonyl (C=O) groups excluding carboxylic acids is 1. The van der Waals surface area contributed by atoms with Gasteiger partial charge in [-0.15, -0.1) is 0 Å². The van der Waals surface area contributed by atoms with Crippen LogP contribution in [0.3, 0.4) is 0 Å². The van der Waals surface area contributed by atoms with Gasteiger partial charge in [0.15, 0.2) is 0 Å². The van der Waals surface area contributed by atoms with Crippen molar-refractivity contribution < 1.29 is 4.79 Å². The fourth-order valence-corrected chi connectivity index (χ4v) is 3.91. The largest absolute Gasteiger partial charge is 0.389 e. The molecular formula is C17H22N2OS. The molecule has 1 aromatic rings. The molecule has 0 saturated heterocycles. The fourth-order valence-electron chi connectivity index (χ4n) is 3.79. The van der Waals surface area contributed by atoms with Crippen molar-refractivity contribution >= 4 is 23.1 Å². The van der Waals surface area contributed by atoms with E-state index in [1.54, 1.807) is 0 Å². The third-order valence-corrected chi connectivity index (χ3v) is 5.18. The van der Waals surface area contributed by atoms with Gasteiger partial charge in [-0.25, -0.2) is 0 Å². The Labute approximate surface area is 131 Å². The van der Waals surface area contributed by atoms with E-state index in [4.69, 9.17) is 18.0 Å². The first-order chi connectivity index (χ1) is 10.1. The maximum atomic E-state index is 12.6. The molecule has 0 bridgehead atoms. The minimum absolute atomic E-state index is 0.288. The first-order valence-corrected chi connectivity index (χ1v) is 8.12. The van der Waals surface area contributed by atoms with Crippen molar-refractivity contribution in [3.05, 3.63) is 35.4 Å². The first kappa shape index (κ1) is 14.5. The highest BCUT2D eigenvalue weighted by atomic mass is 32.1. The molecule has 0 aromatic heterocycles. The Kier molecular flexibility index (Phi) is 3.98. The summed E-state index contributed by atoms with van der Waals surface area (Å²) >= 11 is 5.00. The Morgan fingerprint density at radius 1 is 1.33 bits per heavy atom. The summed E-state index contributed by atoms with van der Waals surface area (Å²) in [7, 11) is 1.90. The van der Waals surface area contributed by atoms with E-state index >= 15 is 0 Å². The lowest BCUT2D eigenvalue weighted by Gasteiger charge is -2.18. The third-order valence-electron chi connectivity index (χ3n) is 4.95. The van der Waals surface area contributed by atoms with Crippen LogP contribution in [0, 0.1) is 17.8 Å². The van der Waals surface area contributed by atoms with Gasteiger partial charge in [-0.05, 0) is 36.3 Å². The van der Waals surface area contributed by atoms with Crippen LogP contribution >= 0.6 is 12.2 Å². The van der Waals surface area contributed by atoms with Gasteiger partial charge >= 0.3 is 0 Å². The highest BCUT2D eigenvalue weighted by molar-refractivity contribution is 7.80. The molecule has 2 atom stereocenters. The number of benzene rings is 1. The Bertz CT molecular complexity index is 560. The van der Waals surface area contributed by atoms with Crippen molar-refractivity contribution in [3.8, 4) is 0 Å². The molecule has 0 radical (unpaired) electrons. The molecule has 0 spiro atoms. The van der Waals surface area contributed by atoms with Crippen molar-refractivity contribution in [1.82, 2.24) is 4.90 Å². The number of amides is 1. The average Bonchev–Trinajstić information content (AvgIpc) is 3.21. The Morgan fingerprint density at radius 3 is 2.62 bits per heavy atom. The number of hydrogen-bond donors (Lipinski definition) is 1. The summed E-state index contributed by atoms with van der Waals surface area (Å²) in [5, 5.41) is 0. The molecule has 112 valence electrons. The maximum Gasteiger partial charge on any atom is 0.226 e. The van der Waals surface area contributed by atoms with Crippen LogP contribution in [-0.2, 0) is 11.3 Å². The van der Waals surface area contributed by atoms with Gasteiger partial charge in [0, 0.05) is 25.1 Å². The molecule has 2 aliphatic carbocycles. The van der Waals surface area contributed by atoms with E-state index in [0.29, 0.717) is 29.3 Å². The standard InChI is InChI=1S/C17H22N2OS/c1-19(10-11-5-4-6-12(9-11)16(18)21)17(20)15-13-7-2-3-8-14(13)15/h4-6,9,13-15H,2-3,7-8,10H2,1H3,(H2,18,21). The predicted octanol–water partition coefficient (Wildman–Crippen LogP) is 2.72. The van der Waals surface area contributed by atoms with Crippen LogP contribution in [0.4, 0.5) is 0 Å². The molecule has 1 aromatic carbocycles. The monoisotopic (exact) mass is 302 g/mol. The van der Waals surface area contributed by atoms with E-state index < -0.39 is 0 Å². The predicted molar refractivity (Wildman–Crippen MR) is 87.7 cm³/mol. The van der Waals surface area contributed by atoms with E-state index in [9.17, 15) is 4.79 Å². The molecular weight excluding hydrogens is 280 g/mol. The second-order valence-electron chi connectivity index (χ2n) is 6.40. The lowest BCUT2D eigenvalue weighted by Crippen LogP contribution is -2.28. The van der Waals surface area contributed by atoms with Gasteiger partial charge in [0.05, 0.1) is 0 Å². The summed E-state index contributed by atoms with van der Waals surface area (Å²) in [4.78, 5) is 14.8. The van der Waals surface area contributed by atoms with Crippen LogP contribution < -0.4 is 5.73 Å². The van der Waals surface area contributed by atoms with Crippen LogP contribution in [0.25, 0.3) is 0 Å². The van der Waals surface area contributed by atoms with E-state index in [2.05, 4.69) is 0 Å². The lowest BCUT2D eigenvalue weighted by molar-refractivity contribution is -0.132. The van der Waals surface area contributed by atoms with E-state index in [1.165, 1.54) is 25.7 Å². The molecule has 2 unspecified atom stereocenters. The molecule has 3 nitrogen and oxygen atoms in total. The number of hydrogen-bond acceptors (Lipinski definition) is 2. The van der Waals surface area contributed by atoms with Gasteiger partial charge in [0.25, 0.3) is 0 Å². The van der Waals surface area contributed by atoms with Gasteiger partial charge in [0.1, 0.15) is 4.99 Å². The van der Waals surface area contributed by atoms with Crippen molar-refractivity contribution in [1.29, 1.82) is 0 Å². The summed E-state index contributed by atoms with van der Waals surface area (Å²) < 4.78 is 0. The Balaban J connectivity index is 1.63. The van der Waals surface area contributed by atoms with Crippen LogP contribution in [-0.4, -0.2) is 22.8 Å². The number of thiocarbonyl (C=S) groups is 1. The summed E-state index contributed by atoms with van der Waals surface area (Å²) in [6, 6.07) is 7.85. The quantitative estimate of drug-likeness (QED) is 0.870. The zero-order valence-electron chi connectivity index (χ0n) is 12.4. The molecule has 2 fully saturated rings. The van der Waals surface area contributed by atoms with Gasteiger partial charge in [-0.1, -0.05) is 43.3 Å². The molecule has 0 aliphatic heterocycles. The molecule has 3 rings (SSSR count). The number of fused-ring (bicyclic) bond motifs is 1. The van der Waals surface area contributed by atoms with E-state index in [-0.39, 0.29) is 5.92 Å². The minimum Gasteiger partial charge on any atom is -0.389 e. The van der Waals surface area contributed by atoms with Crippen molar-refractivity contribution in [2.24, 2.45) is 23.5 Å². The average molecular weight is 302 g/mol. The minimum atomic E-state index is 0.288. The maximum absolute atomic E-state index is 12.6. The molecule has 1 amide bonds. The van der Waals surface area contributed by atoms with Crippen molar-refractivity contribution in [2.75, 3.05) is 7.05 Å². The van der Waals surface area contributed by atoms with E-state index in [0.717, 1.165) is 11.1 Å². The number of nitrogens with zero attached hydrogens (tertiary/aromatic N) is 1. The van der Waals surface area contributed by atoms with Gasteiger partial charge in [0.2, 0.25) is 5.91 Å². The second-order valence-corrected chi connectivity index (χ2v) is 6.84. The number of carbonyl (C=O) groups is 1. The van der Waals surface area contributed by atoms with Gasteiger partial charge in [-0.3, -0.25) is 4.79 Å². The summed E-state index contributed by atoms with van der Waals surface area (Å²) in [5.41, 5.74) is 7.61. The summed E-state index contributed by atoms with van der Waals surface area (Å²) in [6.45, 7) is 0.630. The molecule has 4 heteroatoms. The topological polar surface area (TPSA) is 46.3 Å². The first-order valence-electron chi connectivity index (χ1n) is 7.71. The number of rotatable bonds is 4. The molecule has 2 saturated carbocycles. The molecule has 0 heterocycles. The third kappa shape index (κ3) is 2.95.